The minimum atomic E-state index is -1.36. The molecule has 5 N–H and O–H groups in total. The number of benzene rings is 2. The molecule has 0 spiro atoms. The van der Waals surface area contributed by atoms with Crippen molar-refractivity contribution in [3.63, 3.8) is 0 Å². The molecule has 0 bridgehead atoms. The van der Waals surface area contributed by atoms with Gasteiger partial charge in [-0.3, -0.25) is 4.79 Å². The third-order valence-electron chi connectivity index (χ3n) is 5.03. The van der Waals surface area contributed by atoms with Crippen molar-refractivity contribution in [1.29, 1.82) is 0 Å². The summed E-state index contributed by atoms with van der Waals surface area (Å²) in [4.78, 5) is 13.5. The zero-order chi connectivity index (χ0) is 22.5. The Morgan fingerprint density at radius 2 is 1.61 bits per heavy atom. The minimum absolute atomic E-state index is 0.407. The minimum Gasteiger partial charge on any atom is -0.463 e. The Balaban J connectivity index is 1.68. The van der Waals surface area contributed by atoms with Crippen LogP contribution >= 0.6 is 0 Å². The highest BCUT2D eigenvalue weighted by Gasteiger charge is 2.46. The molecule has 1 aliphatic rings. The van der Waals surface area contributed by atoms with Crippen molar-refractivity contribution in [3.05, 3.63) is 48.5 Å². The molecule has 1 amide bonds. The van der Waals surface area contributed by atoms with E-state index in [1.54, 1.807) is 12.1 Å². The Morgan fingerprint density at radius 1 is 1.03 bits per heavy atom. The molecule has 31 heavy (non-hydrogen) atoms. The summed E-state index contributed by atoms with van der Waals surface area (Å²) in [6, 6.07) is 14.1. The third-order valence-corrected chi connectivity index (χ3v) is 5.03. The van der Waals surface area contributed by atoms with Crippen LogP contribution in [0.5, 0.6) is 5.75 Å². The van der Waals surface area contributed by atoms with E-state index in [0.29, 0.717) is 5.75 Å². The van der Waals surface area contributed by atoms with Gasteiger partial charge in [0.15, 0.2) is 0 Å². The largest absolute Gasteiger partial charge is 0.463 e. The van der Waals surface area contributed by atoms with Gasteiger partial charge in [-0.25, -0.2) is 0 Å². The maximum absolute atomic E-state index is 11.5. The molecule has 1 heterocycles. The number of aliphatic hydroxyl groups is 3. The Labute approximate surface area is 181 Å². The van der Waals surface area contributed by atoms with Crippen LogP contribution in [0.25, 0.3) is 0 Å². The highest BCUT2D eigenvalue weighted by Crippen LogP contribution is 2.26. The summed E-state index contributed by atoms with van der Waals surface area (Å²) >= 11 is 0. The van der Waals surface area contributed by atoms with Crippen LogP contribution in [0.1, 0.15) is 6.92 Å². The lowest BCUT2D eigenvalue weighted by Gasteiger charge is -2.42. The molecule has 0 unspecified atom stereocenters. The standard InChI is InChI=1S/C22H29N3O6/c1-13(27)23-19-21(29)20(28)18(12-26)31-22(19)30-17-10-6-15(7-11-17)24-14-4-8-16(9-5-14)25(2)3/h4-11,18-22,24,26,28-29H,12H2,1-3H3,(H,23,27)/t18-,19+,20-,21-,22+/m1/s1. The van der Waals surface area contributed by atoms with Gasteiger partial charge in [-0.1, -0.05) is 0 Å². The summed E-state index contributed by atoms with van der Waals surface area (Å²) in [5.41, 5.74) is 2.88. The lowest BCUT2D eigenvalue weighted by atomic mass is 9.97. The molecule has 9 nitrogen and oxygen atoms in total. The summed E-state index contributed by atoms with van der Waals surface area (Å²) in [5, 5.41) is 35.7. The van der Waals surface area contributed by atoms with Gasteiger partial charge < -0.3 is 40.3 Å². The van der Waals surface area contributed by atoms with Gasteiger partial charge in [0.1, 0.15) is 30.1 Å². The molecule has 2 aromatic rings. The van der Waals surface area contributed by atoms with Crippen LogP contribution in [-0.2, 0) is 9.53 Å². The number of carbonyl (C=O) groups is 1. The predicted octanol–water partition coefficient (Wildman–Crippen LogP) is 0.819. The number of carbonyl (C=O) groups excluding carboxylic acids is 1. The van der Waals surface area contributed by atoms with Crippen molar-refractivity contribution < 1.29 is 29.6 Å². The first-order chi connectivity index (χ1) is 14.8. The third kappa shape index (κ3) is 5.65. The smallest absolute Gasteiger partial charge is 0.223 e. The Hall–Kier alpha value is -2.85. The van der Waals surface area contributed by atoms with Crippen molar-refractivity contribution in [2.75, 3.05) is 30.9 Å². The number of nitrogens with one attached hydrogen (secondary N) is 2. The normalized spacial score (nSPS) is 25.5. The second-order valence-electron chi connectivity index (χ2n) is 7.64. The molecule has 0 saturated carbocycles. The second kappa shape index (κ2) is 9.97. The molecule has 1 fully saturated rings. The summed E-state index contributed by atoms with van der Waals surface area (Å²) in [6.07, 6.45) is -4.83. The fourth-order valence-electron chi connectivity index (χ4n) is 3.33. The quantitative estimate of drug-likeness (QED) is 0.437. The van der Waals surface area contributed by atoms with E-state index in [4.69, 9.17) is 9.47 Å². The summed E-state index contributed by atoms with van der Waals surface area (Å²) in [5.74, 6) is 0.0323. The van der Waals surface area contributed by atoms with Crippen LogP contribution in [0, 0.1) is 0 Å². The molecule has 0 radical (unpaired) electrons. The maximum atomic E-state index is 11.5. The second-order valence-corrected chi connectivity index (χ2v) is 7.64. The van der Waals surface area contributed by atoms with Crippen molar-refractivity contribution in [2.45, 2.75) is 37.6 Å². The molecule has 9 heteroatoms. The van der Waals surface area contributed by atoms with Gasteiger partial charge in [-0.05, 0) is 48.5 Å². The topological polar surface area (TPSA) is 124 Å². The van der Waals surface area contributed by atoms with Gasteiger partial charge in [0, 0.05) is 38.1 Å². The van der Waals surface area contributed by atoms with Crippen molar-refractivity contribution in [2.24, 2.45) is 0 Å². The summed E-state index contributed by atoms with van der Waals surface area (Å²) < 4.78 is 11.4. The lowest BCUT2D eigenvalue weighted by molar-refractivity contribution is -0.244. The number of hydrogen-bond acceptors (Lipinski definition) is 8. The lowest BCUT2D eigenvalue weighted by Crippen LogP contribution is -2.65. The summed E-state index contributed by atoms with van der Waals surface area (Å²) in [7, 11) is 3.96. The Bertz CT molecular complexity index is 859. The van der Waals surface area contributed by atoms with Crippen LogP contribution in [0.2, 0.25) is 0 Å². The van der Waals surface area contributed by atoms with Crippen molar-refractivity contribution in [3.8, 4) is 5.75 Å². The zero-order valence-electron chi connectivity index (χ0n) is 17.7. The van der Waals surface area contributed by atoms with E-state index in [9.17, 15) is 20.1 Å². The highest BCUT2D eigenvalue weighted by molar-refractivity contribution is 5.73. The summed E-state index contributed by atoms with van der Waals surface area (Å²) in [6.45, 7) is 0.792. The number of amides is 1. The van der Waals surface area contributed by atoms with Crippen LogP contribution in [0.4, 0.5) is 17.1 Å². The van der Waals surface area contributed by atoms with Crippen LogP contribution < -0.4 is 20.3 Å². The van der Waals surface area contributed by atoms with Gasteiger partial charge in [0.25, 0.3) is 0 Å². The first kappa shape index (κ1) is 22.8. The van der Waals surface area contributed by atoms with E-state index in [1.807, 2.05) is 55.4 Å². The van der Waals surface area contributed by atoms with Crippen LogP contribution in [0.15, 0.2) is 48.5 Å². The molecule has 2 aromatic carbocycles. The number of hydrogen-bond donors (Lipinski definition) is 5. The van der Waals surface area contributed by atoms with E-state index < -0.39 is 43.2 Å². The zero-order valence-corrected chi connectivity index (χ0v) is 17.7. The monoisotopic (exact) mass is 431 g/mol. The average molecular weight is 431 g/mol. The number of anilines is 3. The van der Waals surface area contributed by atoms with Crippen LogP contribution in [-0.4, -0.2) is 72.6 Å². The average Bonchev–Trinajstić information content (AvgIpc) is 2.74. The van der Waals surface area contributed by atoms with Gasteiger partial charge in [-0.2, -0.15) is 0 Å². The predicted molar refractivity (Wildman–Crippen MR) is 116 cm³/mol. The van der Waals surface area contributed by atoms with Gasteiger partial charge in [0.05, 0.1) is 6.61 Å². The number of nitrogens with zero attached hydrogens (tertiary/aromatic N) is 1. The maximum Gasteiger partial charge on any atom is 0.223 e. The number of ether oxygens (including phenoxy) is 2. The van der Waals surface area contributed by atoms with E-state index in [-0.39, 0.29) is 0 Å². The molecule has 3 rings (SSSR count). The van der Waals surface area contributed by atoms with E-state index in [0.717, 1.165) is 17.1 Å². The molecule has 168 valence electrons. The van der Waals surface area contributed by atoms with Crippen molar-refractivity contribution in [1.82, 2.24) is 5.32 Å². The van der Waals surface area contributed by atoms with Gasteiger partial charge >= 0.3 is 0 Å². The van der Waals surface area contributed by atoms with Gasteiger partial charge in [-0.15, -0.1) is 0 Å². The molecule has 0 aromatic heterocycles. The first-order valence-corrected chi connectivity index (χ1v) is 9.99. The molecule has 5 atom stereocenters. The van der Waals surface area contributed by atoms with Crippen LogP contribution in [0.3, 0.4) is 0 Å². The highest BCUT2D eigenvalue weighted by atomic mass is 16.7. The SMILES string of the molecule is CC(=O)N[C@@H]1[C@@H](Oc2ccc(Nc3ccc(N(C)C)cc3)cc2)O[C@H](CO)[C@@H](O)[C@@H]1O. The molecule has 1 aliphatic heterocycles. The molecule has 0 aliphatic carbocycles. The number of rotatable bonds is 7. The molecular weight excluding hydrogens is 402 g/mol. The first-order valence-electron chi connectivity index (χ1n) is 9.99. The van der Waals surface area contributed by atoms with Crippen molar-refractivity contribution >= 4 is 23.0 Å². The van der Waals surface area contributed by atoms with Gasteiger partial charge in [0.2, 0.25) is 12.2 Å². The van der Waals surface area contributed by atoms with E-state index >= 15 is 0 Å². The van der Waals surface area contributed by atoms with E-state index in [1.165, 1.54) is 6.92 Å². The van der Waals surface area contributed by atoms with E-state index in [2.05, 4.69) is 10.6 Å². The molecule has 1 saturated heterocycles. The fraction of sp³-hybridized carbons (Fsp3) is 0.409. The number of aliphatic hydroxyl groups excluding tert-OH is 3. The Kier molecular flexibility index (Phi) is 7.34. The molecular formula is C22H29N3O6. The Morgan fingerprint density at radius 3 is 2.13 bits per heavy atom. The fourth-order valence-corrected chi connectivity index (χ4v) is 3.33.